The molecule has 1 fully saturated rings. The smallest absolute Gasteiger partial charge is 0.0897 e. The minimum atomic E-state index is 0.978. The molecule has 0 aromatic carbocycles. The third kappa shape index (κ3) is 3.85. The Bertz CT molecular complexity index is 305. The van der Waals surface area contributed by atoms with Gasteiger partial charge in [-0.2, -0.15) is 0 Å². The van der Waals surface area contributed by atoms with E-state index in [-0.39, 0.29) is 0 Å². The van der Waals surface area contributed by atoms with Crippen LogP contribution in [-0.4, -0.2) is 36.1 Å². The molecular weight excluding hydrogens is 218 g/mol. The van der Waals surface area contributed by atoms with Crippen molar-refractivity contribution in [1.29, 1.82) is 0 Å². The predicted molar refractivity (Wildman–Crippen MR) is 68.8 cm³/mol. The fraction of sp³-hybridized carbons (Fsp3) is 0.750. The van der Waals surface area contributed by atoms with Crippen molar-refractivity contribution in [2.24, 2.45) is 0 Å². The fourth-order valence-corrected chi connectivity index (χ4v) is 2.90. The van der Waals surface area contributed by atoms with E-state index >= 15 is 0 Å². The van der Waals surface area contributed by atoms with E-state index in [1.165, 1.54) is 43.8 Å². The van der Waals surface area contributed by atoms with Gasteiger partial charge >= 0.3 is 0 Å². The van der Waals surface area contributed by atoms with Gasteiger partial charge in [-0.1, -0.05) is 0 Å². The molecule has 3 nitrogen and oxygen atoms in total. The summed E-state index contributed by atoms with van der Waals surface area (Å²) in [5, 5.41) is 4.64. The molecule has 2 rings (SSSR count). The second-order valence-electron chi connectivity index (χ2n) is 4.42. The van der Waals surface area contributed by atoms with Crippen LogP contribution in [0.2, 0.25) is 0 Å². The molecule has 1 aromatic rings. The van der Waals surface area contributed by atoms with Crippen molar-refractivity contribution in [1.82, 2.24) is 15.2 Å². The number of hydrogen-bond acceptors (Lipinski definition) is 4. The molecule has 0 radical (unpaired) electrons. The van der Waals surface area contributed by atoms with E-state index in [1.54, 1.807) is 11.3 Å². The van der Waals surface area contributed by atoms with E-state index in [0.29, 0.717) is 0 Å². The number of nitrogens with one attached hydrogen (secondary N) is 1. The van der Waals surface area contributed by atoms with E-state index in [9.17, 15) is 0 Å². The summed E-state index contributed by atoms with van der Waals surface area (Å²) in [5.74, 6) is 0. The predicted octanol–water partition coefficient (Wildman–Crippen LogP) is 2.03. The number of nitrogens with zero attached hydrogens (tertiary/aromatic N) is 2. The molecule has 16 heavy (non-hydrogen) atoms. The number of likely N-dealkylation sites (tertiary alicyclic amines) is 1. The maximum atomic E-state index is 4.25. The van der Waals surface area contributed by atoms with Gasteiger partial charge in [0.05, 0.1) is 5.01 Å². The molecule has 4 heteroatoms. The van der Waals surface area contributed by atoms with Gasteiger partial charge in [-0.25, -0.2) is 4.98 Å². The largest absolute Gasteiger partial charge is 0.312 e. The van der Waals surface area contributed by atoms with Crippen LogP contribution < -0.4 is 5.32 Å². The molecule has 0 saturated carbocycles. The molecule has 0 bridgehead atoms. The summed E-state index contributed by atoms with van der Waals surface area (Å²) in [4.78, 5) is 8.16. The molecule has 1 N–H and O–H groups in total. The van der Waals surface area contributed by atoms with Crippen LogP contribution in [0.4, 0.5) is 0 Å². The summed E-state index contributed by atoms with van der Waals surface area (Å²) >= 11 is 1.79. The first kappa shape index (κ1) is 12.0. The number of hydrogen-bond donors (Lipinski definition) is 1. The Kier molecular flexibility index (Phi) is 4.75. The van der Waals surface area contributed by atoms with Gasteiger partial charge in [0.25, 0.3) is 0 Å². The molecule has 0 amide bonds. The van der Waals surface area contributed by atoms with Crippen molar-refractivity contribution in [2.45, 2.75) is 32.7 Å². The molecule has 90 valence electrons. The highest BCUT2D eigenvalue weighted by Gasteiger charge is 2.09. The van der Waals surface area contributed by atoms with E-state index in [2.05, 4.69) is 22.1 Å². The van der Waals surface area contributed by atoms with Gasteiger partial charge in [-0.05, 0) is 52.4 Å². The van der Waals surface area contributed by atoms with Crippen molar-refractivity contribution in [2.75, 3.05) is 26.2 Å². The van der Waals surface area contributed by atoms with Gasteiger partial charge in [0, 0.05) is 17.6 Å². The quantitative estimate of drug-likeness (QED) is 0.770. The second-order valence-corrected chi connectivity index (χ2v) is 5.74. The van der Waals surface area contributed by atoms with Crippen LogP contribution >= 0.6 is 11.3 Å². The van der Waals surface area contributed by atoms with Crippen LogP contribution in [0.3, 0.4) is 0 Å². The molecule has 0 spiro atoms. The monoisotopic (exact) mass is 239 g/mol. The normalized spacial score (nSPS) is 17.1. The SMILES string of the molecule is Cc1ncc(CNCCCN2CCCC2)s1. The van der Waals surface area contributed by atoms with Crippen molar-refractivity contribution >= 4 is 11.3 Å². The van der Waals surface area contributed by atoms with Crippen LogP contribution in [-0.2, 0) is 6.54 Å². The van der Waals surface area contributed by atoms with Gasteiger partial charge in [-0.15, -0.1) is 11.3 Å². The van der Waals surface area contributed by atoms with E-state index in [1.807, 2.05) is 6.20 Å². The average molecular weight is 239 g/mol. The van der Waals surface area contributed by atoms with Gasteiger partial charge in [0.15, 0.2) is 0 Å². The molecule has 0 atom stereocenters. The first-order valence-electron chi connectivity index (χ1n) is 6.19. The topological polar surface area (TPSA) is 28.2 Å². The van der Waals surface area contributed by atoms with Crippen LogP contribution in [0.5, 0.6) is 0 Å². The lowest BCUT2D eigenvalue weighted by Gasteiger charge is -2.13. The maximum absolute atomic E-state index is 4.25. The summed E-state index contributed by atoms with van der Waals surface area (Å²) in [6, 6.07) is 0. The molecule has 1 aliphatic heterocycles. The third-order valence-electron chi connectivity index (χ3n) is 2.99. The minimum absolute atomic E-state index is 0.978. The van der Waals surface area contributed by atoms with E-state index in [4.69, 9.17) is 0 Å². The summed E-state index contributed by atoms with van der Waals surface area (Å²) in [6.07, 6.45) is 6.03. The highest BCUT2D eigenvalue weighted by Crippen LogP contribution is 2.10. The summed E-state index contributed by atoms with van der Waals surface area (Å²) < 4.78 is 0. The number of rotatable bonds is 6. The minimum Gasteiger partial charge on any atom is -0.312 e. The number of aromatic nitrogens is 1. The molecular formula is C12H21N3S. The highest BCUT2D eigenvalue weighted by atomic mass is 32.1. The molecule has 2 heterocycles. The lowest BCUT2D eigenvalue weighted by molar-refractivity contribution is 0.331. The lowest BCUT2D eigenvalue weighted by atomic mass is 10.4. The van der Waals surface area contributed by atoms with Gasteiger partial charge < -0.3 is 10.2 Å². The molecule has 0 unspecified atom stereocenters. The maximum Gasteiger partial charge on any atom is 0.0897 e. The first-order valence-corrected chi connectivity index (χ1v) is 7.00. The zero-order chi connectivity index (χ0) is 11.2. The summed E-state index contributed by atoms with van der Waals surface area (Å²) in [7, 11) is 0. The Morgan fingerprint density at radius 3 is 2.94 bits per heavy atom. The Balaban J connectivity index is 1.51. The van der Waals surface area contributed by atoms with Crippen LogP contribution in [0.15, 0.2) is 6.20 Å². The fourth-order valence-electron chi connectivity index (χ4n) is 2.13. The van der Waals surface area contributed by atoms with Crippen LogP contribution in [0.25, 0.3) is 0 Å². The van der Waals surface area contributed by atoms with Gasteiger partial charge in [-0.3, -0.25) is 0 Å². The average Bonchev–Trinajstić information content (AvgIpc) is 2.89. The summed E-state index contributed by atoms with van der Waals surface area (Å²) in [6.45, 7) is 8.04. The van der Waals surface area contributed by atoms with Crippen molar-refractivity contribution < 1.29 is 0 Å². The Labute approximate surface area is 102 Å². The van der Waals surface area contributed by atoms with Gasteiger partial charge in [0.1, 0.15) is 0 Å². The Morgan fingerprint density at radius 1 is 1.44 bits per heavy atom. The molecule has 1 aliphatic rings. The number of aryl methyl sites for hydroxylation is 1. The number of thiazole rings is 1. The van der Waals surface area contributed by atoms with E-state index in [0.717, 1.165) is 18.1 Å². The summed E-state index contributed by atoms with van der Waals surface area (Å²) in [5.41, 5.74) is 0. The zero-order valence-corrected chi connectivity index (χ0v) is 10.9. The van der Waals surface area contributed by atoms with E-state index < -0.39 is 0 Å². The third-order valence-corrected chi connectivity index (χ3v) is 3.91. The van der Waals surface area contributed by atoms with Crippen molar-refractivity contribution in [3.8, 4) is 0 Å². The Hall–Kier alpha value is -0.450. The second kappa shape index (κ2) is 6.33. The standard InChI is InChI=1S/C12H21N3S/c1-11-14-10-12(16-11)9-13-5-4-8-15-6-2-3-7-15/h10,13H,2-9H2,1H3. The van der Waals surface area contributed by atoms with Crippen molar-refractivity contribution in [3.05, 3.63) is 16.1 Å². The molecule has 1 aromatic heterocycles. The first-order chi connectivity index (χ1) is 7.84. The van der Waals surface area contributed by atoms with Crippen LogP contribution in [0, 0.1) is 6.92 Å². The van der Waals surface area contributed by atoms with Gasteiger partial charge in [0.2, 0.25) is 0 Å². The zero-order valence-electron chi connectivity index (χ0n) is 10.0. The molecule has 0 aliphatic carbocycles. The van der Waals surface area contributed by atoms with Crippen LogP contribution in [0.1, 0.15) is 29.1 Å². The Morgan fingerprint density at radius 2 is 2.25 bits per heavy atom. The molecule has 1 saturated heterocycles. The van der Waals surface area contributed by atoms with Crippen molar-refractivity contribution in [3.63, 3.8) is 0 Å². The highest BCUT2D eigenvalue weighted by molar-refractivity contribution is 7.11. The lowest BCUT2D eigenvalue weighted by Crippen LogP contribution is -2.24.